The van der Waals surface area contributed by atoms with Crippen LogP contribution in [-0.4, -0.2) is 15.8 Å². The summed E-state index contributed by atoms with van der Waals surface area (Å²) in [7, 11) is 0. The fourth-order valence-electron chi connectivity index (χ4n) is 16.2. The number of hydrogen-bond acceptors (Lipinski definition) is 2. The van der Waals surface area contributed by atoms with E-state index in [1.165, 1.54) is 155 Å². The van der Waals surface area contributed by atoms with Crippen molar-refractivity contribution in [2.45, 2.75) is 106 Å². The molecule has 0 aliphatic carbocycles. The van der Waals surface area contributed by atoms with Gasteiger partial charge in [-0.1, -0.05) is 242 Å². The zero-order chi connectivity index (χ0) is 68.1. The Morgan fingerprint density at radius 2 is 0.535 bits per heavy atom. The highest BCUT2D eigenvalue weighted by atomic mass is 15.2. The normalized spacial score (nSPS) is 13.0. The molecule has 0 unspecified atom stereocenters. The number of fused-ring (bicyclic) bond motifs is 10. The van der Waals surface area contributed by atoms with Crippen LogP contribution in [0.3, 0.4) is 0 Å². The minimum absolute atomic E-state index is 0.183. The molecule has 0 radical (unpaired) electrons. The second-order valence-electron chi connectivity index (χ2n) is 31.3. The SMILES string of the molecule is Cc1ccc2c(c1)c1cc(C)ccc1n2-c1ccc2c(c1)N(c1c(-c3ccccc3)cc(C(C)(C)C)cc1-c1ccccc1)c1cc(C(C)(C)C)cc3c1B2c1ccc(-n2c4ccc(C)cc4c4cc(C)ccc42)cc1N3c1c(-c2ccccc2)cc(C(C)(C)C)cc1-c1ccccc1. The van der Waals surface area contributed by atoms with Crippen LogP contribution in [0.5, 0.6) is 0 Å². The lowest BCUT2D eigenvalue weighted by Gasteiger charge is -2.47. The summed E-state index contributed by atoms with van der Waals surface area (Å²) in [5.74, 6) is 0. The van der Waals surface area contributed by atoms with E-state index in [9.17, 15) is 0 Å². The highest BCUT2D eigenvalue weighted by Gasteiger charge is 2.47. The molecule has 0 fully saturated rings. The van der Waals surface area contributed by atoms with Crippen LogP contribution in [0.25, 0.3) is 99.5 Å². The molecular weight excluding hydrogens is 1200 g/mol. The first kappa shape index (κ1) is 61.7. The predicted octanol–water partition coefficient (Wildman–Crippen LogP) is 23.8. The minimum Gasteiger partial charge on any atom is -0.310 e. The zero-order valence-electron chi connectivity index (χ0n) is 59.3. The first-order chi connectivity index (χ1) is 47.6. The van der Waals surface area contributed by atoms with Gasteiger partial charge in [0, 0.05) is 77.9 Å². The molecule has 2 aromatic heterocycles. The van der Waals surface area contributed by atoms with Gasteiger partial charge in [-0.05, 0) is 208 Å². The molecule has 0 spiro atoms. The van der Waals surface area contributed by atoms with Gasteiger partial charge in [0.15, 0.2) is 0 Å². The van der Waals surface area contributed by atoms with Gasteiger partial charge in [0.1, 0.15) is 0 Å². The maximum atomic E-state index is 2.74. The van der Waals surface area contributed by atoms with Crippen LogP contribution < -0.4 is 26.2 Å². The lowest BCUT2D eigenvalue weighted by atomic mass is 9.33. The minimum atomic E-state index is -0.317. The molecule has 0 saturated carbocycles. The van der Waals surface area contributed by atoms with Gasteiger partial charge in [-0.15, -0.1) is 0 Å². The molecular formula is C94H83BN4. The van der Waals surface area contributed by atoms with Crippen molar-refractivity contribution in [3.63, 3.8) is 0 Å². The Morgan fingerprint density at radius 1 is 0.263 bits per heavy atom. The molecule has 17 rings (SSSR count). The second kappa shape index (κ2) is 22.9. The summed E-state index contributed by atoms with van der Waals surface area (Å²) in [5.41, 5.74) is 35.1. The third-order valence-corrected chi connectivity index (χ3v) is 21.3. The summed E-state index contributed by atoms with van der Waals surface area (Å²) < 4.78 is 5.06. The lowest BCUT2D eigenvalue weighted by molar-refractivity contribution is 0.590. The van der Waals surface area contributed by atoms with E-state index in [1.807, 2.05) is 0 Å². The Balaban J connectivity index is 1.07. The average Bonchev–Trinajstić information content (AvgIpc) is 1.18. The maximum Gasteiger partial charge on any atom is 0.252 e. The van der Waals surface area contributed by atoms with Crippen molar-refractivity contribution in [3.8, 4) is 55.9 Å². The number of nitrogens with zero attached hydrogens (tertiary/aromatic N) is 4. The Bertz CT molecular complexity index is 5190. The van der Waals surface area contributed by atoms with E-state index in [0.29, 0.717) is 0 Å². The monoisotopic (exact) mass is 1280 g/mol. The van der Waals surface area contributed by atoms with Crippen LogP contribution >= 0.6 is 0 Å². The molecule has 13 aromatic carbocycles. The van der Waals surface area contributed by atoms with E-state index in [0.717, 1.165) is 34.1 Å². The van der Waals surface area contributed by atoms with Gasteiger partial charge in [0.05, 0.1) is 33.4 Å². The van der Waals surface area contributed by atoms with Gasteiger partial charge in [-0.25, -0.2) is 0 Å². The van der Waals surface area contributed by atoms with Crippen LogP contribution in [0.15, 0.2) is 267 Å². The summed E-state index contributed by atoms with van der Waals surface area (Å²) in [6, 6.07) is 103. The number of anilines is 6. The van der Waals surface area contributed by atoms with Gasteiger partial charge in [-0.3, -0.25) is 0 Å². The predicted molar refractivity (Wildman–Crippen MR) is 426 cm³/mol. The molecule has 15 aromatic rings. The van der Waals surface area contributed by atoms with Crippen LogP contribution in [0, 0.1) is 27.7 Å². The molecule has 99 heavy (non-hydrogen) atoms. The molecule has 0 amide bonds. The van der Waals surface area contributed by atoms with Crippen LogP contribution in [0.2, 0.25) is 0 Å². The number of aryl methyl sites for hydroxylation is 4. The maximum absolute atomic E-state index is 2.74. The van der Waals surface area contributed by atoms with E-state index in [2.05, 4.69) is 376 Å². The molecule has 0 atom stereocenters. The van der Waals surface area contributed by atoms with Crippen molar-refractivity contribution in [3.05, 3.63) is 306 Å². The van der Waals surface area contributed by atoms with E-state index < -0.39 is 0 Å². The van der Waals surface area contributed by atoms with E-state index in [1.54, 1.807) is 0 Å². The average molecular weight is 1280 g/mol. The van der Waals surface area contributed by atoms with Crippen LogP contribution in [-0.2, 0) is 16.2 Å². The van der Waals surface area contributed by atoms with Gasteiger partial charge in [0.2, 0.25) is 0 Å². The van der Waals surface area contributed by atoms with Crippen molar-refractivity contribution < 1.29 is 0 Å². The number of aromatic nitrogens is 2. The largest absolute Gasteiger partial charge is 0.310 e. The molecule has 2 aliphatic rings. The number of hydrogen-bond donors (Lipinski definition) is 0. The molecule has 2 aliphatic heterocycles. The van der Waals surface area contributed by atoms with Crippen molar-refractivity contribution >= 4 is 101 Å². The van der Waals surface area contributed by atoms with Crippen molar-refractivity contribution in [2.75, 3.05) is 9.80 Å². The molecule has 0 N–H and O–H groups in total. The quantitative estimate of drug-likeness (QED) is 0.141. The zero-order valence-corrected chi connectivity index (χ0v) is 59.3. The lowest BCUT2D eigenvalue weighted by Crippen LogP contribution is -2.61. The van der Waals surface area contributed by atoms with Crippen LogP contribution in [0.4, 0.5) is 34.1 Å². The molecule has 0 bridgehead atoms. The van der Waals surface area contributed by atoms with Crippen molar-refractivity contribution in [1.82, 2.24) is 9.13 Å². The molecule has 5 heteroatoms. The molecule has 4 heterocycles. The topological polar surface area (TPSA) is 16.3 Å². The third-order valence-electron chi connectivity index (χ3n) is 21.3. The Labute approximate surface area is 584 Å². The number of rotatable bonds is 8. The first-order valence-electron chi connectivity index (χ1n) is 35.3. The highest BCUT2D eigenvalue weighted by Crippen LogP contribution is 2.56. The van der Waals surface area contributed by atoms with Crippen molar-refractivity contribution in [1.29, 1.82) is 0 Å². The van der Waals surface area contributed by atoms with E-state index >= 15 is 0 Å². The van der Waals surface area contributed by atoms with Gasteiger partial charge in [0.25, 0.3) is 6.71 Å². The highest BCUT2D eigenvalue weighted by molar-refractivity contribution is 7.00. The summed E-state index contributed by atoms with van der Waals surface area (Å²) in [5, 5.41) is 5.04. The van der Waals surface area contributed by atoms with Crippen molar-refractivity contribution in [2.24, 2.45) is 0 Å². The molecule has 4 nitrogen and oxygen atoms in total. The first-order valence-corrected chi connectivity index (χ1v) is 35.3. The standard InChI is InChI=1S/C94H83BN4/c1-58-34-42-81-75(46-58)76-47-59(2)35-43-82(76)96(81)69-38-40-79-85(56-69)98(90-71(62-26-18-14-19-27-62)50-66(92(5,6)7)51-72(90)63-28-20-15-21-29-63)87-54-68(94(11,12)13)55-88-89(87)95(79)80-41-39-70(97-83-44-36-60(3)48-77(83)78-49-61(4)37-45-84(78)97)57-86(80)99(88)91-73(64-30-22-16-23-31-64)52-67(93(8,9)10)53-74(91)65-32-24-17-25-33-65/h14-57H,1-13H3. The van der Waals surface area contributed by atoms with E-state index in [4.69, 9.17) is 0 Å². The smallest absolute Gasteiger partial charge is 0.252 e. The fraction of sp³-hybridized carbons (Fsp3) is 0.170. The summed E-state index contributed by atoms with van der Waals surface area (Å²) in [6.45, 7) is 30.0. The summed E-state index contributed by atoms with van der Waals surface area (Å²) in [4.78, 5) is 5.47. The number of benzene rings is 13. The Morgan fingerprint density at radius 3 is 0.808 bits per heavy atom. The van der Waals surface area contributed by atoms with Gasteiger partial charge < -0.3 is 18.9 Å². The van der Waals surface area contributed by atoms with E-state index in [-0.39, 0.29) is 23.0 Å². The van der Waals surface area contributed by atoms with Gasteiger partial charge >= 0.3 is 0 Å². The fourth-order valence-corrected chi connectivity index (χ4v) is 16.2. The Hall–Kier alpha value is -10.9. The molecule has 482 valence electrons. The van der Waals surface area contributed by atoms with Crippen LogP contribution in [0.1, 0.15) is 101 Å². The summed E-state index contributed by atoms with van der Waals surface area (Å²) >= 11 is 0. The third kappa shape index (κ3) is 10.2. The summed E-state index contributed by atoms with van der Waals surface area (Å²) in [6.07, 6.45) is 0. The van der Waals surface area contributed by atoms with Gasteiger partial charge in [-0.2, -0.15) is 0 Å². The second-order valence-corrected chi connectivity index (χ2v) is 31.3. The molecule has 0 saturated heterocycles. The Kier molecular flexibility index (Phi) is 14.2.